The van der Waals surface area contributed by atoms with Gasteiger partial charge in [-0.2, -0.15) is 0 Å². The van der Waals surface area contributed by atoms with E-state index in [2.05, 4.69) is 5.32 Å². The van der Waals surface area contributed by atoms with Crippen LogP contribution in [-0.2, 0) is 14.3 Å². The minimum Gasteiger partial charge on any atom is -0.463 e. The number of aldehydes is 1. The van der Waals surface area contributed by atoms with Crippen molar-refractivity contribution < 1.29 is 14.3 Å². The van der Waals surface area contributed by atoms with Gasteiger partial charge in [-0.25, -0.2) is 4.79 Å². The Morgan fingerprint density at radius 1 is 1.38 bits per heavy atom. The summed E-state index contributed by atoms with van der Waals surface area (Å²) in [7, 11) is 0. The van der Waals surface area contributed by atoms with Crippen molar-refractivity contribution in [2.75, 3.05) is 6.61 Å². The lowest BCUT2D eigenvalue weighted by Crippen LogP contribution is -2.28. The van der Waals surface area contributed by atoms with Crippen molar-refractivity contribution in [2.24, 2.45) is 0 Å². The number of carbonyl (C=O) groups is 2. The molecule has 110 valence electrons. The van der Waals surface area contributed by atoms with Crippen molar-refractivity contribution in [1.82, 2.24) is 5.32 Å². The van der Waals surface area contributed by atoms with Crippen LogP contribution in [0.4, 0.5) is 0 Å². The van der Waals surface area contributed by atoms with Crippen LogP contribution in [0.15, 0.2) is 52.3 Å². The second-order valence-electron chi connectivity index (χ2n) is 4.62. The van der Waals surface area contributed by atoms with E-state index in [0.29, 0.717) is 23.1 Å². The molecule has 1 aliphatic rings. The number of nitrogens with one attached hydrogen (secondary N) is 1. The van der Waals surface area contributed by atoms with Crippen molar-refractivity contribution in [3.63, 3.8) is 0 Å². The third-order valence-electron chi connectivity index (χ3n) is 3.31. The predicted octanol–water partition coefficient (Wildman–Crippen LogP) is 2.86. The van der Waals surface area contributed by atoms with Gasteiger partial charge in [0.15, 0.2) is 0 Å². The van der Waals surface area contributed by atoms with E-state index in [1.165, 1.54) is 0 Å². The van der Waals surface area contributed by atoms with Crippen LogP contribution in [0, 0.1) is 0 Å². The molecule has 1 atom stereocenters. The summed E-state index contributed by atoms with van der Waals surface area (Å²) in [6.07, 6.45) is 0.679. The van der Waals surface area contributed by atoms with Crippen LogP contribution in [-0.4, -0.2) is 18.9 Å². The smallest absolute Gasteiger partial charge is 0.336 e. The normalized spacial score (nSPS) is 18.3. The summed E-state index contributed by atoms with van der Waals surface area (Å²) >= 11 is 6.12. The highest BCUT2D eigenvalue weighted by Gasteiger charge is 2.34. The highest BCUT2D eigenvalue weighted by Crippen LogP contribution is 2.38. The highest BCUT2D eigenvalue weighted by atomic mass is 35.5. The lowest BCUT2D eigenvalue weighted by Gasteiger charge is -2.28. The molecule has 0 aromatic heterocycles. The van der Waals surface area contributed by atoms with Gasteiger partial charge in [0.25, 0.3) is 0 Å². The topological polar surface area (TPSA) is 55.4 Å². The molecule has 0 unspecified atom stereocenters. The first-order valence-electron chi connectivity index (χ1n) is 6.64. The fraction of sp³-hybridized carbons (Fsp3) is 0.250. The first-order chi connectivity index (χ1) is 10.1. The zero-order valence-corrected chi connectivity index (χ0v) is 12.6. The van der Waals surface area contributed by atoms with Gasteiger partial charge in [0.2, 0.25) is 0 Å². The first-order valence-corrected chi connectivity index (χ1v) is 7.02. The number of carbonyl (C=O) groups excluding carboxylic acids is 2. The quantitative estimate of drug-likeness (QED) is 0.528. The summed E-state index contributed by atoms with van der Waals surface area (Å²) in [5.41, 5.74) is 2.16. The molecule has 1 N–H and O–H groups in total. The number of dihydropyridines is 1. The Bertz CT molecular complexity index is 620. The third-order valence-corrected chi connectivity index (χ3v) is 3.62. The second-order valence-corrected chi connectivity index (χ2v) is 4.99. The molecule has 4 nitrogen and oxygen atoms in total. The number of rotatable bonds is 4. The van der Waals surface area contributed by atoms with Crippen molar-refractivity contribution in [1.29, 1.82) is 0 Å². The zero-order valence-electron chi connectivity index (χ0n) is 11.9. The van der Waals surface area contributed by atoms with E-state index in [1.54, 1.807) is 13.8 Å². The van der Waals surface area contributed by atoms with Crippen LogP contribution >= 0.6 is 11.6 Å². The van der Waals surface area contributed by atoms with Crippen LogP contribution in [0.25, 0.3) is 0 Å². The lowest BCUT2D eigenvalue weighted by molar-refractivity contribution is -0.138. The van der Waals surface area contributed by atoms with Gasteiger partial charge in [0.1, 0.15) is 11.4 Å². The Hall–Kier alpha value is -2.07. The molecular weight excluding hydrogens is 290 g/mol. The molecule has 0 aliphatic carbocycles. The predicted molar refractivity (Wildman–Crippen MR) is 80.6 cm³/mol. The molecule has 0 spiro atoms. The molecule has 0 radical (unpaired) electrons. The lowest BCUT2D eigenvalue weighted by atomic mass is 9.82. The molecule has 0 saturated carbocycles. The maximum atomic E-state index is 12.3. The fourth-order valence-electron chi connectivity index (χ4n) is 2.39. The van der Waals surface area contributed by atoms with Gasteiger partial charge in [-0.15, -0.1) is 0 Å². The molecule has 5 heteroatoms. The summed E-state index contributed by atoms with van der Waals surface area (Å²) in [5, 5.41) is 3.10. The van der Waals surface area contributed by atoms with E-state index in [-0.39, 0.29) is 11.8 Å². The average molecular weight is 306 g/mol. The molecule has 0 amide bonds. The minimum atomic E-state index is -0.517. The van der Waals surface area contributed by atoms with Crippen LogP contribution in [0.2, 0.25) is 0 Å². The van der Waals surface area contributed by atoms with Crippen molar-refractivity contribution in [3.8, 4) is 0 Å². The number of hydrogen-bond acceptors (Lipinski definition) is 4. The number of benzene rings is 1. The molecule has 1 heterocycles. The van der Waals surface area contributed by atoms with E-state index in [4.69, 9.17) is 16.3 Å². The minimum absolute atomic E-state index is 0.240. The number of hydrogen-bond donors (Lipinski definition) is 1. The number of allylic oxidation sites excluding steroid dienone is 2. The summed E-state index contributed by atoms with van der Waals surface area (Å²) in [6.45, 7) is 3.75. The molecule has 0 saturated heterocycles. The molecule has 0 fully saturated rings. The summed E-state index contributed by atoms with van der Waals surface area (Å²) in [6, 6.07) is 9.29. The van der Waals surface area contributed by atoms with Gasteiger partial charge in [0.05, 0.1) is 12.2 Å². The summed E-state index contributed by atoms with van der Waals surface area (Å²) < 4.78 is 5.11. The SMILES string of the molecule is CCOC(=O)C1=C(C)NC(Cl)=C(C=O)[C@@H]1c1ccccc1. The van der Waals surface area contributed by atoms with Gasteiger partial charge in [-0.1, -0.05) is 41.9 Å². The van der Waals surface area contributed by atoms with Crippen LogP contribution in [0.3, 0.4) is 0 Å². The van der Waals surface area contributed by atoms with Gasteiger partial charge in [-0.05, 0) is 19.4 Å². The van der Waals surface area contributed by atoms with Crippen LogP contribution in [0.1, 0.15) is 25.3 Å². The second kappa shape index (κ2) is 6.59. The third kappa shape index (κ3) is 3.00. The molecule has 1 aromatic rings. The molecule has 21 heavy (non-hydrogen) atoms. The Morgan fingerprint density at radius 3 is 2.62 bits per heavy atom. The Morgan fingerprint density at radius 2 is 2.05 bits per heavy atom. The molecule has 1 aromatic carbocycles. The highest BCUT2D eigenvalue weighted by molar-refractivity contribution is 6.31. The Kier molecular flexibility index (Phi) is 4.81. The summed E-state index contributed by atoms with van der Waals surface area (Å²) in [5.74, 6) is -0.962. The van der Waals surface area contributed by atoms with Crippen molar-refractivity contribution in [2.45, 2.75) is 19.8 Å². The van der Waals surface area contributed by atoms with Crippen molar-refractivity contribution in [3.05, 3.63) is 57.9 Å². The monoisotopic (exact) mass is 305 g/mol. The van der Waals surface area contributed by atoms with E-state index in [0.717, 1.165) is 5.56 Å². The van der Waals surface area contributed by atoms with Crippen LogP contribution < -0.4 is 5.32 Å². The number of halogens is 1. The molecule has 2 rings (SSSR count). The van der Waals surface area contributed by atoms with E-state index >= 15 is 0 Å². The first kappa shape index (κ1) is 15.3. The standard InChI is InChI=1S/C16H16ClNO3/c1-3-21-16(20)13-10(2)18-15(17)12(9-19)14(13)11-7-5-4-6-8-11/h4-9,14,18H,3H2,1-2H3/t14-/m0/s1. The molecule has 1 aliphatic heterocycles. The van der Waals surface area contributed by atoms with E-state index in [9.17, 15) is 9.59 Å². The van der Waals surface area contributed by atoms with Gasteiger partial charge < -0.3 is 10.1 Å². The zero-order chi connectivity index (χ0) is 15.4. The fourth-order valence-corrected chi connectivity index (χ4v) is 2.69. The number of esters is 1. The maximum Gasteiger partial charge on any atom is 0.336 e. The van der Waals surface area contributed by atoms with Gasteiger partial charge >= 0.3 is 5.97 Å². The molecule has 0 bridgehead atoms. The Labute approximate surface area is 128 Å². The largest absolute Gasteiger partial charge is 0.463 e. The Balaban J connectivity index is 2.57. The van der Waals surface area contributed by atoms with E-state index in [1.807, 2.05) is 30.3 Å². The van der Waals surface area contributed by atoms with Crippen LogP contribution in [0.5, 0.6) is 0 Å². The van der Waals surface area contributed by atoms with E-state index < -0.39 is 11.9 Å². The van der Waals surface area contributed by atoms with Crippen molar-refractivity contribution >= 4 is 23.9 Å². The average Bonchev–Trinajstić information content (AvgIpc) is 2.47. The van der Waals surface area contributed by atoms with Gasteiger partial charge in [-0.3, -0.25) is 4.79 Å². The number of ether oxygens (including phenoxy) is 1. The summed E-state index contributed by atoms with van der Waals surface area (Å²) in [4.78, 5) is 23.7. The molecular formula is C16H16ClNO3. The van der Waals surface area contributed by atoms with Gasteiger partial charge in [0, 0.05) is 17.2 Å². The maximum absolute atomic E-state index is 12.3.